The van der Waals surface area contributed by atoms with Crippen LogP contribution < -0.4 is 5.32 Å². The van der Waals surface area contributed by atoms with E-state index in [1.165, 1.54) is 0 Å². The van der Waals surface area contributed by atoms with Crippen LogP contribution in [0.5, 0.6) is 0 Å². The van der Waals surface area contributed by atoms with Gasteiger partial charge in [-0.15, -0.1) is 0 Å². The first kappa shape index (κ1) is 13.5. The predicted octanol–water partition coefficient (Wildman–Crippen LogP) is 1.47. The zero-order valence-corrected chi connectivity index (χ0v) is 11.5. The van der Waals surface area contributed by atoms with Crippen molar-refractivity contribution < 1.29 is 12.8 Å². The van der Waals surface area contributed by atoms with Gasteiger partial charge in [0.05, 0.1) is 11.9 Å². The molecular formula is C12H20N2O3S. The summed E-state index contributed by atoms with van der Waals surface area (Å²) < 4.78 is 29.5. The van der Waals surface area contributed by atoms with E-state index in [0.717, 1.165) is 25.9 Å². The van der Waals surface area contributed by atoms with Crippen molar-refractivity contribution in [2.75, 3.05) is 18.8 Å². The van der Waals surface area contributed by atoms with Crippen molar-refractivity contribution in [3.8, 4) is 0 Å². The summed E-state index contributed by atoms with van der Waals surface area (Å²) in [7, 11) is -3.04. The summed E-state index contributed by atoms with van der Waals surface area (Å²) in [6, 6.07) is 0. The Hall–Kier alpha value is -0.880. The first-order chi connectivity index (χ1) is 8.63. The molecule has 0 amide bonds. The normalized spacial score (nSPS) is 23.1. The predicted molar refractivity (Wildman–Crippen MR) is 69.1 cm³/mol. The average molecular weight is 272 g/mol. The van der Waals surface area contributed by atoms with E-state index in [4.69, 9.17) is 4.42 Å². The minimum absolute atomic E-state index is 0.269. The van der Waals surface area contributed by atoms with Crippen LogP contribution >= 0.6 is 0 Å². The molecule has 1 aromatic rings. The lowest BCUT2D eigenvalue weighted by atomic mass is 10.1. The second-order valence-electron chi connectivity index (χ2n) is 4.61. The van der Waals surface area contributed by atoms with E-state index in [9.17, 15) is 8.42 Å². The van der Waals surface area contributed by atoms with Gasteiger partial charge in [0.2, 0.25) is 0 Å². The largest absolute Gasteiger partial charge is 0.444 e. The summed E-state index contributed by atoms with van der Waals surface area (Å²) in [5.41, 5.74) is 0. The first-order valence-corrected chi connectivity index (χ1v) is 8.22. The number of aromatic nitrogens is 1. The number of rotatable bonds is 5. The van der Waals surface area contributed by atoms with Crippen LogP contribution in [0.2, 0.25) is 0 Å². The van der Waals surface area contributed by atoms with Gasteiger partial charge >= 0.3 is 0 Å². The molecule has 0 saturated carbocycles. The Bertz CT molecular complexity index is 481. The van der Waals surface area contributed by atoms with E-state index in [2.05, 4.69) is 10.3 Å². The van der Waals surface area contributed by atoms with Gasteiger partial charge in [0.15, 0.2) is 15.7 Å². The maximum absolute atomic E-state index is 12.0. The molecule has 5 nitrogen and oxygen atoms in total. The van der Waals surface area contributed by atoms with Crippen LogP contribution in [0.15, 0.2) is 10.6 Å². The van der Waals surface area contributed by atoms with Crippen LogP contribution in [0, 0.1) is 0 Å². The van der Waals surface area contributed by atoms with Gasteiger partial charge in [0.25, 0.3) is 0 Å². The number of hydrogen-bond acceptors (Lipinski definition) is 5. The third-order valence-electron chi connectivity index (χ3n) is 3.23. The smallest absolute Gasteiger partial charge is 0.195 e. The SMILES string of the molecule is CCNCCc1ncc(C2CCCCS2(=O)=O)o1. The second-order valence-corrected chi connectivity index (χ2v) is 6.91. The molecule has 2 heterocycles. The zero-order chi connectivity index (χ0) is 13.0. The third kappa shape index (κ3) is 3.11. The van der Waals surface area contributed by atoms with Crippen molar-refractivity contribution in [2.24, 2.45) is 0 Å². The molecular weight excluding hydrogens is 252 g/mol. The summed E-state index contributed by atoms with van der Waals surface area (Å²) in [4.78, 5) is 4.16. The Morgan fingerprint density at radius 2 is 2.33 bits per heavy atom. The van der Waals surface area contributed by atoms with E-state index < -0.39 is 15.1 Å². The Labute approximate surface area is 108 Å². The highest BCUT2D eigenvalue weighted by molar-refractivity contribution is 7.91. The number of sulfone groups is 1. The van der Waals surface area contributed by atoms with Gasteiger partial charge in [-0.05, 0) is 19.4 Å². The summed E-state index contributed by atoms with van der Waals surface area (Å²) in [5, 5.41) is 2.70. The molecule has 0 aliphatic carbocycles. The molecule has 1 fully saturated rings. The third-order valence-corrected chi connectivity index (χ3v) is 5.43. The Morgan fingerprint density at radius 1 is 1.50 bits per heavy atom. The molecule has 0 bridgehead atoms. The lowest BCUT2D eigenvalue weighted by Gasteiger charge is -2.19. The molecule has 1 N–H and O–H groups in total. The van der Waals surface area contributed by atoms with Crippen LogP contribution in [0.25, 0.3) is 0 Å². The van der Waals surface area contributed by atoms with E-state index in [0.29, 0.717) is 24.5 Å². The van der Waals surface area contributed by atoms with Crippen LogP contribution in [-0.4, -0.2) is 32.2 Å². The number of nitrogens with zero attached hydrogens (tertiary/aromatic N) is 1. The Balaban J connectivity index is 2.04. The summed E-state index contributed by atoms with van der Waals surface area (Å²) in [6.45, 7) is 3.74. The molecule has 0 radical (unpaired) electrons. The zero-order valence-electron chi connectivity index (χ0n) is 10.7. The number of nitrogens with one attached hydrogen (secondary N) is 1. The van der Waals surface area contributed by atoms with Crippen molar-refractivity contribution >= 4 is 9.84 Å². The van der Waals surface area contributed by atoms with Gasteiger partial charge in [-0.1, -0.05) is 13.3 Å². The quantitative estimate of drug-likeness (QED) is 0.822. The van der Waals surface area contributed by atoms with Gasteiger partial charge in [-0.25, -0.2) is 13.4 Å². The molecule has 1 aliphatic rings. The molecule has 1 atom stereocenters. The first-order valence-electron chi connectivity index (χ1n) is 6.50. The minimum atomic E-state index is -3.04. The molecule has 1 unspecified atom stereocenters. The van der Waals surface area contributed by atoms with Crippen LogP contribution in [-0.2, 0) is 16.3 Å². The fraction of sp³-hybridized carbons (Fsp3) is 0.750. The monoisotopic (exact) mass is 272 g/mol. The highest BCUT2D eigenvalue weighted by Gasteiger charge is 2.32. The lowest BCUT2D eigenvalue weighted by Crippen LogP contribution is -2.21. The second kappa shape index (κ2) is 5.84. The fourth-order valence-electron chi connectivity index (χ4n) is 2.23. The van der Waals surface area contributed by atoms with Crippen LogP contribution in [0.1, 0.15) is 43.1 Å². The molecule has 6 heteroatoms. The van der Waals surface area contributed by atoms with E-state index in [-0.39, 0.29) is 5.75 Å². The van der Waals surface area contributed by atoms with E-state index in [1.54, 1.807) is 6.20 Å². The molecule has 1 saturated heterocycles. The van der Waals surface area contributed by atoms with E-state index in [1.807, 2.05) is 6.92 Å². The highest BCUT2D eigenvalue weighted by Crippen LogP contribution is 2.33. The molecule has 1 aliphatic heterocycles. The lowest BCUT2D eigenvalue weighted by molar-refractivity contribution is 0.427. The number of hydrogen-bond donors (Lipinski definition) is 1. The minimum Gasteiger partial charge on any atom is -0.444 e. The Morgan fingerprint density at radius 3 is 3.06 bits per heavy atom. The van der Waals surface area contributed by atoms with E-state index >= 15 is 0 Å². The maximum atomic E-state index is 12.0. The van der Waals surface area contributed by atoms with Gasteiger partial charge < -0.3 is 9.73 Å². The highest BCUT2D eigenvalue weighted by atomic mass is 32.2. The topological polar surface area (TPSA) is 72.2 Å². The van der Waals surface area contributed by atoms with Gasteiger partial charge in [-0.2, -0.15) is 0 Å². The van der Waals surface area contributed by atoms with Crippen molar-refractivity contribution in [3.05, 3.63) is 17.8 Å². The van der Waals surface area contributed by atoms with Crippen LogP contribution in [0.3, 0.4) is 0 Å². The standard InChI is InChI=1S/C12H20N2O3S/c1-2-13-7-6-12-14-9-10(17-12)11-5-3-4-8-18(11,15)16/h9,11,13H,2-8H2,1H3. The van der Waals surface area contributed by atoms with Crippen molar-refractivity contribution in [1.82, 2.24) is 10.3 Å². The molecule has 1 aromatic heterocycles. The molecule has 0 spiro atoms. The van der Waals surface area contributed by atoms with Crippen molar-refractivity contribution in [3.63, 3.8) is 0 Å². The van der Waals surface area contributed by atoms with Gasteiger partial charge in [0.1, 0.15) is 11.0 Å². The average Bonchev–Trinajstić information content (AvgIpc) is 2.77. The molecule has 2 rings (SSSR count). The maximum Gasteiger partial charge on any atom is 0.195 e. The molecule has 18 heavy (non-hydrogen) atoms. The Kier molecular flexibility index (Phi) is 4.40. The van der Waals surface area contributed by atoms with Gasteiger partial charge in [-0.3, -0.25) is 0 Å². The van der Waals surface area contributed by atoms with Crippen molar-refractivity contribution in [1.29, 1.82) is 0 Å². The van der Waals surface area contributed by atoms with Gasteiger partial charge in [0, 0.05) is 13.0 Å². The fourth-order valence-corrected chi connectivity index (χ4v) is 4.11. The summed E-state index contributed by atoms with van der Waals surface area (Å²) >= 11 is 0. The summed E-state index contributed by atoms with van der Waals surface area (Å²) in [5.74, 6) is 1.40. The molecule has 102 valence electrons. The summed E-state index contributed by atoms with van der Waals surface area (Å²) in [6.07, 6.45) is 4.64. The van der Waals surface area contributed by atoms with Crippen molar-refractivity contribution in [2.45, 2.75) is 37.9 Å². The van der Waals surface area contributed by atoms with Crippen LogP contribution in [0.4, 0.5) is 0 Å². The number of likely N-dealkylation sites (N-methyl/N-ethyl adjacent to an activating group) is 1. The molecule has 0 aromatic carbocycles. The number of oxazole rings is 1.